The summed E-state index contributed by atoms with van der Waals surface area (Å²) < 4.78 is 6.16. The van der Waals surface area contributed by atoms with Gasteiger partial charge >= 0.3 is 0 Å². The molecular weight excluding hydrogens is 242 g/mol. The Morgan fingerprint density at radius 2 is 1.94 bits per heavy atom. The lowest BCUT2D eigenvalue weighted by molar-refractivity contribution is 0.339. The van der Waals surface area contributed by atoms with E-state index in [-0.39, 0.29) is 6.04 Å². The van der Waals surface area contributed by atoms with Gasteiger partial charge in [0.2, 0.25) is 0 Å². The van der Waals surface area contributed by atoms with Crippen LogP contribution in [-0.2, 0) is 6.42 Å². The highest BCUT2D eigenvalue weighted by atomic mass is 32.2. The zero-order chi connectivity index (χ0) is 13.6. The van der Waals surface area contributed by atoms with Gasteiger partial charge in [0, 0.05) is 16.5 Å². The summed E-state index contributed by atoms with van der Waals surface area (Å²) in [5, 5.41) is 0. The van der Waals surface area contributed by atoms with Crippen molar-refractivity contribution in [3.05, 3.63) is 29.8 Å². The molecule has 2 nitrogen and oxygen atoms in total. The van der Waals surface area contributed by atoms with Gasteiger partial charge in [-0.1, -0.05) is 39.0 Å². The molecule has 102 valence electrons. The van der Waals surface area contributed by atoms with Crippen molar-refractivity contribution < 1.29 is 4.74 Å². The lowest BCUT2D eigenvalue weighted by Gasteiger charge is -2.18. The number of rotatable bonds is 6. The van der Waals surface area contributed by atoms with Gasteiger partial charge in [0.1, 0.15) is 5.75 Å². The van der Waals surface area contributed by atoms with Crippen LogP contribution in [0.25, 0.3) is 0 Å². The Labute approximate surface area is 115 Å². The molecule has 0 aromatic heterocycles. The van der Waals surface area contributed by atoms with Crippen molar-refractivity contribution in [2.75, 3.05) is 12.4 Å². The number of hydrogen-bond donors (Lipinski definition) is 1. The predicted molar refractivity (Wildman–Crippen MR) is 81.5 cm³/mol. The van der Waals surface area contributed by atoms with Gasteiger partial charge in [-0.3, -0.25) is 0 Å². The number of ether oxygens (including phenoxy) is 1. The van der Waals surface area contributed by atoms with Gasteiger partial charge in [0.15, 0.2) is 0 Å². The minimum absolute atomic E-state index is 0.165. The van der Waals surface area contributed by atoms with E-state index in [4.69, 9.17) is 10.5 Å². The van der Waals surface area contributed by atoms with E-state index in [0.717, 1.165) is 24.5 Å². The van der Waals surface area contributed by atoms with Crippen LogP contribution in [0.3, 0.4) is 0 Å². The van der Waals surface area contributed by atoms with E-state index in [1.807, 2.05) is 36.9 Å². The summed E-state index contributed by atoms with van der Waals surface area (Å²) in [6, 6.07) is 8.33. The molecule has 0 saturated carbocycles. The monoisotopic (exact) mass is 267 g/mol. The molecule has 0 spiro atoms. The number of benzene rings is 1. The van der Waals surface area contributed by atoms with Crippen LogP contribution < -0.4 is 10.5 Å². The van der Waals surface area contributed by atoms with Gasteiger partial charge in [0.25, 0.3) is 0 Å². The Kier molecular flexibility index (Phi) is 6.03. The molecule has 18 heavy (non-hydrogen) atoms. The maximum Gasteiger partial charge on any atom is 0.122 e. The van der Waals surface area contributed by atoms with Crippen LogP contribution in [0.5, 0.6) is 5.75 Å². The molecule has 0 fully saturated rings. The van der Waals surface area contributed by atoms with Crippen molar-refractivity contribution in [3.63, 3.8) is 0 Å². The second-order valence-electron chi connectivity index (χ2n) is 5.60. The van der Waals surface area contributed by atoms with Crippen LogP contribution in [-0.4, -0.2) is 23.1 Å². The van der Waals surface area contributed by atoms with Gasteiger partial charge in [0.05, 0.1) is 6.61 Å². The van der Waals surface area contributed by atoms with Gasteiger partial charge in [-0.25, -0.2) is 0 Å². The molecule has 1 aromatic rings. The van der Waals surface area contributed by atoms with Crippen molar-refractivity contribution in [1.29, 1.82) is 0 Å². The molecule has 1 unspecified atom stereocenters. The van der Waals surface area contributed by atoms with Crippen molar-refractivity contribution in [3.8, 4) is 5.75 Å². The minimum atomic E-state index is 0.165. The quantitative estimate of drug-likeness (QED) is 0.801. The van der Waals surface area contributed by atoms with Crippen LogP contribution in [0.15, 0.2) is 24.3 Å². The molecule has 0 aliphatic rings. The molecule has 0 amide bonds. The first-order valence-electron chi connectivity index (χ1n) is 6.49. The van der Waals surface area contributed by atoms with E-state index >= 15 is 0 Å². The molecule has 2 N–H and O–H groups in total. The molecule has 1 aromatic carbocycles. The molecule has 3 heteroatoms. The Balaban J connectivity index is 2.46. The first-order chi connectivity index (χ1) is 8.38. The van der Waals surface area contributed by atoms with Gasteiger partial charge in [-0.15, -0.1) is 0 Å². The van der Waals surface area contributed by atoms with Gasteiger partial charge < -0.3 is 10.5 Å². The lowest BCUT2D eigenvalue weighted by atomic mass is 10.1. The third-order valence-electron chi connectivity index (χ3n) is 2.39. The standard InChI is InChI=1S/C15H25NOS/c1-12(16)11-13-7-5-6-8-14(13)17-9-10-18-15(2,3)4/h5-8,12H,9-11,16H2,1-4H3. The lowest BCUT2D eigenvalue weighted by Crippen LogP contribution is -2.18. The van der Waals surface area contributed by atoms with E-state index in [1.54, 1.807) is 0 Å². The zero-order valence-electron chi connectivity index (χ0n) is 11.9. The third-order valence-corrected chi connectivity index (χ3v) is 3.63. The van der Waals surface area contributed by atoms with Crippen molar-refractivity contribution in [1.82, 2.24) is 0 Å². The SMILES string of the molecule is CC(N)Cc1ccccc1OCCSC(C)(C)C. The molecule has 0 bridgehead atoms. The predicted octanol–water partition coefficient (Wildman–Crippen LogP) is 3.49. The summed E-state index contributed by atoms with van der Waals surface area (Å²) in [6.45, 7) is 9.44. The third kappa shape index (κ3) is 6.31. The summed E-state index contributed by atoms with van der Waals surface area (Å²) in [5.41, 5.74) is 7.05. The molecule has 0 radical (unpaired) electrons. The molecule has 1 atom stereocenters. The molecule has 0 aliphatic heterocycles. The number of hydrogen-bond acceptors (Lipinski definition) is 3. The fourth-order valence-electron chi connectivity index (χ4n) is 1.66. The Morgan fingerprint density at radius 1 is 1.28 bits per heavy atom. The normalized spacial score (nSPS) is 13.4. The van der Waals surface area contributed by atoms with E-state index in [2.05, 4.69) is 26.8 Å². The van der Waals surface area contributed by atoms with Crippen molar-refractivity contribution >= 4 is 11.8 Å². The highest BCUT2D eigenvalue weighted by molar-refractivity contribution is 8.00. The van der Waals surface area contributed by atoms with Crippen LogP contribution in [0.2, 0.25) is 0 Å². The average molecular weight is 267 g/mol. The molecule has 0 saturated heterocycles. The molecule has 0 aliphatic carbocycles. The highest BCUT2D eigenvalue weighted by Gasteiger charge is 2.10. The average Bonchev–Trinajstić information content (AvgIpc) is 2.24. The summed E-state index contributed by atoms with van der Waals surface area (Å²) in [4.78, 5) is 0. The highest BCUT2D eigenvalue weighted by Crippen LogP contribution is 2.24. The second kappa shape index (κ2) is 7.05. The van der Waals surface area contributed by atoms with Crippen LogP contribution >= 0.6 is 11.8 Å². The molecule has 1 rings (SSSR count). The van der Waals surface area contributed by atoms with Crippen molar-refractivity contribution in [2.24, 2.45) is 5.73 Å². The first-order valence-corrected chi connectivity index (χ1v) is 7.47. The van der Waals surface area contributed by atoms with Crippen LogP contribution in [0.1, 0.15) is 33.3 Å². The Bertz CT molecular complexity index is 358. The summed E-state index contributed by atoms with van der Waals surface area (Å²) in [6.07, 6.45) is 0.864. The van der Waals surface area contributed by atoms with Crippen molar-refractivity contribution in [2.45, 2.75) is 44.9 Å². The largest absolute Gasteiger partial charge is 0.492 e. The number of para-hydroxylation sites is 1. The number of nitrogens with two attached hydrogens (primary N) is 1. The zero-order valence-corrected chi connectivity index (χ0v) is 12.7. The van der Waals surface area contributed by atoms with Gasteiger partial charge in [-0.05, 0) is 25.0 Å². The Morgan fingerprint density at radius 3 is 2.56 bits per heavy atom. The molecular formula is C15H25NOS. The minimum Gasteiger partial charge on any atom is -0.492 e. The fraction of sp³-hybridized carbons (Fsp3) is 0.600. The molecule has 0 heterocycles. The maximum atomic E-state index is 5.86. The fourth-order valence-corrected chi connectivity index (χ4v) is 2.44. The Hall–Kier alpha value is -0.670. The van der Waals surface area contributed by atoms with E-state index in [9.17, 15) is 0 Å². The summed E-state index contributed by atoms with van der Waals surface area (Å²) in [7, 11) is 0. The summed E-state index contributed by atoms with van der Waals surface area (Å²) in [5.74, 6) is 1.99. The van der Waals surface area contributed by atoms with Crippen LogP contribution in [0, 0.1) is 0 Å². The second-order valence-corrected chi connectivity index (χ2v) is 7.52. The smallest absolute Gasteiger partial charge is 0.122 e. The number of thioether (sulfide) groups is 1. The van der Waals surface area contributed by atoms with Gasteiger partial charge in [-0.2, -0.15) is 11.8 Å². The van der Waals surface area contributed by atoms with Crippen LogP contribution in [0.4, 0.5) is 0 Å². The summed E-state index contributed by atoms with van der Waals surface area (Å²) >= 11 is 1.92. The maximum absolute atomic E-state index is 5.86. The van der Waals surface area contributed by atoms with E-state index < -0.39 is 0 Å². The van der Waals surface area contributed by atoms with E-state index in [1.165, 1.54) is 5.56 Å². The van der Waals surface area contributed by atoms with E-state index in [0.29, 0.717) is 4.75 Å². The first kappa shape index (κ1) is 15.4. The topological polar surface area (TPSA) is 35.2 Å².